The number of nitrogens with zero attached hydrogens (tertiary/aromatic N) is 3. The van der Waals surface area contributed by atoms with Crippen LogP contribution >= 0.6 is 0 Å². The van der Waals surface area contributed by atoms with Crippen LogP contribution in [-0.2, 0) is 6.18 Å². The number of benzene rings is 1. The van der Waals surface area contributed by atoms with Gasteiger partial charge in [-0.1, -0.05) is 39.2 Å². The molecule has 0 bridgehead atoms. The van der Waals surface area contributed by atoms with Crippen LogP contribution in [0.25, 0.3) is 0 Å². The number of anilines is 2. The summed E-state index contributed by atoms with van der Waals surface area (Å²) in [5.41, 5.74) is -0.390. The molecule has 2 rings (SSSR count). The lowest BCUT2D eigenvalue weighted by molar-refractivity contribution is -0.137. The molecule has 1 aromatic heterocycles. The number of hydrogen-bond acceptors (Lipinski definition) is 5. The van der Waals surface area contributed by atoms with Crippen LogP contribution in [0.2, 0.25) is 0 Å². The van der Waals surface area contributed by atoms with Crippen LogP contribution in [0.3, 0.4) is 0 Å². The molecule has 5 nitrogen and oxygen atoms in total. The van der Waals surface area contributed by atoms with Gasteiger partial charge in [0.25, 0.3) is 0 Å². The number of ether oxygens (including phenoxy) is 2. The molecule has 0 fully saturated rings. The Kier molecular flexibility index (Phi) is 8.54. The number of halogens is 3. The molecule has 0 N–H and O–H groups in total. The summed E-state index contributed by atoms with van der Waals surface area (Å²) in [5.74, 6) is 0.338. The average Bonchev–Trinajstić information content (AvgIpc) is 2.70. The zero-order valence-corrected chi connectivity index (χ0v) is 17.1. The van der Waals surface area contributed by atoms with Gasteiger partial charge in [-0.25, -0.2) is 4.98 Å². The van der Waals surface area contributed by atoms with Gasteiger partial charge < -0.3 is 14.4 Å². The highest BCUT2D eigenvalue weighted by atomic mass is 19.4. The van der Waals surface area contributed by atoms with Crippen molar-refractivity contribution in [3.63, 3.8) is 0 Å². The quantitative estimate of drug-likeness (QED) is 0.424. The first kappa shape index (κ1) is 22.8. The van der Waals surface area contributed by atoms with Gasteiger partial charge in [-0.15, -0.1) is 0 Å². The second-order valence-electron chi connectivity index (χ2n) is 6.70. The Morgan fingerprint density at radius 1 is 1.00 bits per heavy atom. The maximum atomic E-state index is 13.5. The fraction of sp³-hybridized carbons (Fsp3) is 0.524. The first-order valence-electron chi connectivity index (χ1n) is 9.90. The minimum Gasteiger partial charge on any atom is -0.494 e. The maximum Gasteiger partial charge on any atom is 0.421 e. The van der Waals surface area contributed by atoms with E-state index in [-0.39, 0.29) is 11.8 Å². The van der Waals surface area contributed by atoms with Crippen molar-refractivity contribution in [2.24, 2.45) is 0 Å². The van der Waals surface area contributed by atoms with E-state index in [1.165, 1.54) is 11.9 Å². The molecule has 0 amide bonds. The van der Waals surface area contributed by atoms with E-state index in [2.05, 4.69) is 23.8 Å². The Balaban J connectivity index is 2.28. The summed E-state index contributed by atoms with van der Waals surface area (Å²) in [4.78, 5) is 9.16. The van der Waals surface area contributed by atoms with Crippen molar-refractivity contribution in [1.29, 1.82) is 0 Å². The fourth-order valence-electron chi connectivity index (χ4n) is 2.64. The van der Waals surface area contributed by atoms with Crippen LogP contribution in [0.4, 0.5) is 24.7 Å². The molecular formula is C21H28F3N3O2. The third kappa shape index (κ3) is 6.80. The van der Waals surface area contributed by atoms with Crippen molar-refractivity contribution in [3.8, 4) is 11.8 Å². The summed E-state index contributed by atoms with van der Waals surface area (Å²) in [6.45, 7) is 5.04. The van der Waals surface area contributed by atoms with Gasteiger partial charge in [-0.2, -0.15) is 18.2 Å². The fourth-order valence-corrected chi connectivity index (χ4v) is 2.64. The van der Waals surface area contributed by atoms with E-state index in [4.69, 9.17) is 9.47 Å². The molecule has 0 radical (unpaired) electrons. The minimum atomic E-state index is -4.58. The van der Waals surface area contributed by atoms with E-state index >= 15 is 0 Å². The number of aromatic nitrogens is 2. The monoisotopic (exact) mass is 411 g/mol. The standard InChI is InChI=1S/C21H28F3N3O2/c1-4-6-8-13-29-20-25-15-18(21(22,23)24)19(26-20)27(3)16-10-9-11-17(14-16)28-12-7-5-2/h9-11,14-15H,4-8,12-13H2,1-3H3. The van der Waals surface area contributed by atoms with Crippen molar-refractivity contribution >= 4 is 11.5 Å². The van der Waals surface area contributed by atoms with Gasteiger partial charge in [0.1, 0.15) is 11.3 Å². The molecule has 29 heavy (non-hydrogen) atoms. The molecule has 0 saturated heterocycles. The van der Waals surface area contributed by atoms with Crippen molar-refractivity contribution < 1.29 is 22.6 Å². The Bertz CT molecular complexity index is 769. The molecule has 0 spiro atoms. The van der Waals surface area contributed by atoms with E-state index in [0.717, 1.165) is 38.3 Å². The van der Waals surface area contributed by atoms with Gasteiger partial charge in [0.2, 0.25) is 0 Å². The first-order valence-corrected chi connectivity index (χ1v) is 9.90. The highest BCUT2D eigenvalue weighted by Gasteiger charge is 2.36. The van der Waals surface area contributed by atoms with Crippen molar-refractivity contribution in [2.75, 3.05) is 25.2 Å². The second kappa shape index (κ2) is 10.9. The molecule has 0 aliphatic heterocycles. The molecule has 8 heteroatoms. The molecule has 0 saturated carbocycles. The summed E-state index contributed by atoms with van der Waals surface area (Å²) in [7, 11) is 1.53. The predicted octanol–water partition coefficient (Wildman–Crippen LogP) is 6.01. The van der Waals surface area contributed by atoms with Crippen LogP contribution < -0.4 is 14.4 Å². The zero-order chi connectivity index (χ0) is 21.3. The minimum absolute atomic E-state index is 0.0636. The van der Waals surface area contributed by atoms with Crippen LogP contribution in [0.15, 0.2) is 30.5 Å². The van der Waals surface area contributed by atoms with Crippen molar-refractivity contribution in [2.45, 2.75) is 52.1 Å². The molecule has 160 valence electrons. The van der Waals surface area contributed by atoms with Gasteiger partial charge in [0.15, 0.2) is 5.82 Å². The van der Waals surface area contributed by atoms with Crippen LogP contribution in [-0.4, -0.2) is 30.2 Å². The van der Waals surface area contributed by atoms with Crippen molar-refractivity contribution in [1.82, 2.24) is 9.97 Å². The van der Waals surface area contributed by atoms with Crippen LogP contribution in [0.5, 0.6) is 11.8 Å². The molecule has 0 aliphatic carbocycles. The summed E-state index contributed by atoms with van der Waals surface area (Å²) in [6, 6.07) is 6.85. The van der Waals surface area contributed by atoms with E-state index in [9.17, 15) is 13.2 Å². The normalized spacial score (nSPS) is 11.4. The lowest BCUT2D eigenvalue weighted by Crippen LogP contribution is -2.19. The largest absolute Gasteiger partial charge is 0.494 e. The maximum absolute atomic E-state index is 13.5. The average molecular weight is 411 g/mol. The lowest BCUT2D eigenvalue weighted by Gasteiger charge is -2.23. The summed E-state index contributed by atoms with van der Waals surface area (Å²) < 4.78 is 51.7. The Hall–Kier alpha value is -2.51. The third-order valence-corrected chi connectivity index (χ3v) is 4.32. The highest BCUT2D eigenvalue weighted by Crippen LogP contribution is 2.38. The van der Waals surface area contributed by atoms with Gasteiger partial charge >= 0.3 is 12.2 Å². The molecule has 1 aromatic carbocycles. The van der Waals surface area contributed by atoms with Gasteiger partial charge in [0, 0.05) is 25.0 Å². The molecule has 2 aromatic rings. The number of hydrogen-bond donors (Lipinski definition) is 0. The van der Waals surface area contributed by atoms with Crippen molar-refractivity contribution in [3.05, 3.63) is 36.0 Å². The first-order chi connectivity index (χ1) is 13.9. The smallest absolute Gasteiger partial charge is 0.421 e. The Morgan fingerprint density at radius 2 is 1.72 bits per heavy atom. The van der Waals surface area contributed by atoms with Crippen LogP contribution in [0, 0.1) is 0 Å². The lowest BCUT2D eigenvalue weighted by atomic mass is 10.2. The predicted molar refractivity (Wildman–Crippen MR) is 107 cm³/mol. The van der Waals surface area contributed by atoms with E-state index in [1.807, 2.05) is 0 Å². The number of rotatable bonds is 11. The Morgan fingerprint density at radius 3 is 2.41 bits per heavy atom. The molecule has 0 atom stereocenters. The third-order valence-electron chi connectivity index (χ3n) is 4.32. The Labute approximate surface area is 169 Å². The summed E-state index contributed by atoms with van der Waals surface area (Å²) >= 11 is 0. The molecule has 0 aliphatic rings. The highest BCUT2D eigenvalue weighted by molar-refractivity contribution is 5.64. The topological polar surface area (TPSA) is 47.5 Å². The molecule has 0 unspecified atom stereocenters. The van der Waals surface area contributed by atoms with E-state index < -0.39 is 11.7 Å². The zero-order valence-electron chi connectivity index (χ0n) is 17.1. The number of unbranched alkanes of at least 4 members (excludes halogenated alkanes) is 3. The molecule has 1 heterocycles. The number of alkyl halides is 3. The van der Waals surface area contributed by atoms with Gasteiger partial charge in [0.05, 0.1) is 13.2 Å². The van der Waals surface area contributed by atoms with Gasteiger partial charge in [-0.3, -0.25) is 0 Å². The van der Waals surface area contributed by atoms with E-state index in [0.29, 0.717) is 24.7 Å². The SMILES string of the molecule is CCCCCOc1ncc(C(F)(F)F)c(N(C)c2cccc(OCCCC)c2)n1. The van der Waals surface area contributed by atoms with Gasteiger partial charge in [-0.05, 0) is 25.0 Å². The molecular weight excluding hydrogens is 383 g/mol. The van der Waals surface area contributed by atoms with Crippen LogP contribution in [0.1, 0.15) is 51.5 Å². The van der Waals surface area contributed by atoms with E-state index in [1.54, 1.807) is 24.3 Å². The summed E-state index contributed by atoms with van der Waals surface area (Å²) in [5, 5.41) is 0. The second-order valence-corrected chi connectivity index (χ2v) is 6.70. The summed E-state index contributed by atoms with van der Waals surface area (Å²) in [6.07, 6.45) is 0.873.